The highest BCUT2D eigenvalue weighted by atomic mass is 16.2. The summed E-state index contributed by atoms with van der Waals surface area (Å²) in [6.45, 7) is 7.31. The van der Waals surface area contributed by atoms with Crippen LogP contribution in [-0.2, 0) is 11.3 Å². The lowest BCUT2D eigenvalue weighted by Gasteiger charge is -2.32. The summed E-state index contributed by atoms with van der Waals surface area (Å²) in [5.41, 5.74) is 4.07. The molecule has 114 valence electrons. The quantitative estimate of drug-likeness (QED) is 0.923. The van der Waals surface area contributed by atoms with Gasteiger partial charge in [0.15, 0.2) is 0 Å². The molecular weight excluding hydrogens is 260 g/mol. The number of aryl methyl sites for hydroxylation is 2. The maximum Gasteiger partial charge on any atom is 0.224 e. The summed E-state index contributed by atoms with van der Waals surface area (Å²) in [6, 6.07) is 7.13. The van der Waals surface area contributed by atoms with E-state index in [1.165, 1.54) is 29.5 Å². The maximum atomic E-state index is 12.2. The minimum absolute atomic E-state index is 0.185. The van der Waals surface area contributed by atoms with E-state index in [9.17, 15) is 4.79 Å². The van der Waals surface area contributed by atoms with Crippen molar-refractivity contribution in [2.75, 3.05) is 13.1 Å². The number of nitrogens with one attached hydrogen (secondary N) is 1. The van der Waals surface area contributed by atoms with Gasteiger partial charge in [-0.3, -0.25) is 9.69 Å². The smallest absolute Gasteiger partial charge is 0.224 e. The van der Waals surface area contributed by atoms with Gasteiger partial charge in [-0.05, 0) is 57.2 Å². The third-order valence-electron chi connectivity index (χ3n) is 4.70. The summed E-state index contributed by atoms with van der Waals surface area (Å²) < 4.78 is 0. The van der Waals surface area contributed by atoms with Crippen molar-refractivity contribution >= 4 is 5.91 Å². The van der Waals surface area contributed by atoms with Gasteiger partial charge in [0.05, 0.1) is 5.92 Å². The molecule has 1 aliphatic heterocycles. The van der Waals surface area contributed by atoms with Crippen molar-refractivity contribution in [2.24, 2.45) is 5.92 Å². The molecule has 0 aromatic heterocycles. The number of hydrogen-bond donors (Lipinski definition) is 1. The lowest BCUT2D eigenvalue weighted by atomic mass is 9.96. The van der Waals surface area contributed by atoms with Gasteiger partial charge < -0.3 is 5.32 Å². The van der Waals surface area contributed by atoms with Gasteiger partial charge in [0.1, 0.15) is 0 Å². The number of hydrogen-bond acceptors (Lipinski definition) is 2. The Balaban J connectivity index is 1.60. The van der Waals surface area contributed by atoms with E-state index in [1.807, 2.05) is 0 Å². The first-order valence-corrected chi connectivity index (χ1v) is 8.20. The number of piperidine rings is 1. The highest BCUT2D eigenvalue weighted by Crippen LogP contribution is 2.23. The van der Waals surface area contributed by atoms with E-state index in [0.717, 1.165) is 32.5 Å². The Kier molecular flexibility index (Phi) is 4.29. The summed E-state index contributed by atoms with van der Waals surface area (Å²) in [7, 11) is 0. The third kappa shape index (κ3) is 3.85. The topological polar surface area (TPSA) is 32.3 Å². The Morgan fingerprint density at radius 3 is 2.86 bits per heavy atom. The molecule has 1 unspecified atom stereocenters. The molecule has 2 fully saturated rings. The molecule has 1 saturated carbocycles. The molecule has 21 heavy (non-hydrogen) atoms. The highest BCUT2D eigenvalue weighted by molar-refractivity contribution is 5.79. The Labute approximate surface area is 127 Å². The monoisotopic (exact) mass is 286 g/mol. The molecule has 0 bridgehead atoms. The maximum absolute atomic E-state index is 12.2. The Morgan fingerprint density at radius 1 is 1.29 bits per heavy atom. The molecule has 1 saturated heterocycles. The molecule has 1 amide bonds. The molecule has 1 atom stereocenters. The summed E-state index contributed by atoms with van der Waals surface area (Å²) in [5, 5.41) is 3.16. The van der Waals surface area contributed by atoms with Crippen LogP contribution in [0.4, 0.5) is 0 Å². The zero-order valence-corrected chi connectivity index (χ0v) is 13.2. The van der Waals surface area contributed by atoms with Crippen LogP contribution < -0.4 is 5.32 Å². The Hall–Kier alpha value is -1.35. The van der Waals surface area contributed by atoms with E-state index in [1.54, 1.807) is 0 Å². The minimum atomic E-state index is 0.185. The second kappa shape index (κ2) is 6.18. The van der Waals surface area contributed by atoms with Crippen molar-refractivity contribution in [3.63, 3.8) is 0 Å². The molecular formula is C18H26N2O. The predicted molar refractivity (Wildman–Crippen MR) is 85.1 cm³/mol. The molecule has 1 aromatic rings. The fourth-order valence-corrected chi connectivity index (χ4v) is 3.17. The van der Waals surface area contributed by atoms with Crippen molar-refractivity contribution in [3.8, 4) is 0 Å². The fourth-order valence-electron chi connectivity index (χ4n) is 3.17. The number of likely N-dealkylation sites (tertiary alicyclic amines) is 1. The third-order valence-corrected chi connectivity index (χ3v) is 4.70. The lowest BCUT2D eigenvalue weighted by molar-refractivity contribution is -0.126. The summed E-state index contributed by atoms with van der Waals surface area (Å²) >= 11 is 0. The van der Waals surface area contributed by atoms with Crippen molar-refractivity contribution in [1.29, 1.82) is 0 Å². The van der Waals surface area contributed by atoms with Gasteiger partial charge in [-0.1, -0.05) is 23.8 Å². The summed E-state index contributed by atoms with van der Waals surface area (Å²) in [4.78, 5) is 14.7. The van der Waals surface area contributed by atoms with Crippen LogP contribution in [0.5, 0.6) is 0 Å². The Bertz CT molecular complexity index is 522. The second-order valence-electron chi connectivity index (χ2n) is 6.79. The lowest BCUT2D eigenvalue weighted by Crippen LogP contribution is -2.43. The molecule has 3 heteroatoms. The number of benzene rings is 1. The van der Waals surface area contributed by atoms with E-state index >= 15 is 0 Å². The zero-order valence-electron chi connectivity index (χ0n) is 13.2. The van der Waals surface area contributed by atoms with Crippen molar-refractivity contribution in [3.05, 3.63) is 34.9 Å². The van der Waals surface area contributed by atoms with Gasteiger partial charge in [0.2, 0.25) is 5.91 Å². The molecule has 1 N–H and O–H groups in total. The zero-order chi connectivity index (χ0) is 14.8. The predicted octanol–water partition coefficient (Wildman–Crippen LogP) is 2.79. The fraction of sp³-hybridized carbons (Fsp3) is 0.611. The van der Waals surface area contributed by atoms with E-state index < -0.39 is 0 Å². The van der Waals surface area contributed by atoms with Crippen molar-refractivity contribution in [1.82, 2.24) is 10.2 Å². The standard InChI is InChI=1S/C18H26N2O/c1-13-5-6-14(2)16(10-13)12-20-9-3-4-15(11-20)18(21)19-17-7-8-17/h5-6,10,15,17H,3-4,7-9,11-12H2,1-2H3,(H,19,21). The van der Waals surface area contributed by atoms with Crippen LogP contribution in [-0.4, -0.2) is 29.9 Å². The highest BCUT2D eigenvalue weighted by Gasteiger charge is 2.30. The molecule has 1 aromatic carbocycles. The molecule has 1 aliphatic carbocycles. The molecule has 3 rings (SSSR count). The largest absolute Gasteiger partial charge is 0.353 e. The number of nitrogens with zero attached hydrogens (tertiary/aromatic N) is 1. The first-order valence-electron chi connectivity index (χ1n) is 8.20. The first kappa shape index (κ1) is 14.6. The molecule has 2 aliphatic rings. The normalized spacial score (nSPS) is 23.0. The average molecular weight is 286 g/mol. The van der Waals surface area contributed by atoms with Gasteiger partial charge in [-0.15, -0.1) is 0 Å². The van der Waals surface area contributed by atoms with Crippen molar-refractivity contribution < 1.29 is 4.79 Å². The molecule has 0 spiro atoms. The molecule has 0 radical (unpaired) electrons. The van der Waals surface area contributed by atoms with Crippen LogP contribution in [0.25, 0.3) is 0 Å². The van der Waals surface area contributed by atoms with Crippen LogP contribution in [0.2, 0.25) is 0 Å². The van der Waals surface area contributed by atoms with Gasteiger partial charge in [-0.2, -0.15) is 0 Å². The summed E-state index contributed by atoms with van der Waals surface area (Å²) in [6.07, 6.45) is 4.52. The first-order chi connectivity index (χ1) is 10.1. The van der Waals surface area contributed by atoms with E-state index in [4.69, 9.17) is 0 Å². The van der Waals surface area contributed by atoms with Crippen LogP contribution in [0.3, 0.4) is 0 Å². The van der Waals surface area contributed by atoms with Crippen LogP contribution in [0.15, 0.2) is 18.2 Å². The molecule has 1 heterocycles. The number of amides is 1. The summed E-state index contributed by atoms with van der Waals surface area (Å²) in [5.74, 6) is 0.465. The average Bonchev–Trinajstić information content (AvgIpc) is 3.27. The van der Waals surface area contributed by atoms with Gasteiger partial charge in [0, 0.05) is 19.1 Å². The van der Waals surface area contributed by atoms with Crippen LogP contribution in [0, 0.1) is 19.8 Å². The van der Waals surface area contributed by atoms with E-state index in [0.29, 0.717) is 6.04 Å². The van der Waals surface area contributed by atoms with Crippen LogP contribution in [0.1, 0.15) is 42.4 Å². The van der Waals surface area contributed by atoms with Gasteiger partial charge >= 0.3 is 0 Å². The SMILES string of the molecule is Cc1ccc(C)c(CN2CCCC(C(=O)NC3CC3)C2)c1. The number of rotatable bonds is 4. The van der Waals surface area contributed by atoms with E-state index in [-0.39, 0.29) is 11.8 Å². The van der Waals surface area contributed by atoms with E-state index in [2.05, 4.69) is 42.3 Å². The second-order valence-corrected chi connectivity index (χ2v) is 6.79. The molecule has 3 nitrogen and oxygen atoms in total. The van der Waals surface area contributed by atoms with Crippen LogP contribution >= 0.6 is 0 Å². The van der Waals surface area contributed by atoms with Gasteiger partial charge in [-0.25, -0.2) is 0 Å². The van der Waals surface area contributed by atoms with Gasteiger partial charge in [0.25, 0.3) is 0 Å². The number of carbonyl (C=O) groups excluding carboxylic acids is 1. The number of carbonyl (C=O) groups is 1. The Morgan fingerprint density at radius 2 is 2.10 bits per heavy atom. The minimum Gasteiger partial charge on any atom is -0.353 e. The van der Waals surface area contributed by atoms with Crippen molar-refractivity contribution in [2.45, 2.75) is 52.1 Å².